The van der Waals surface area contributed by atoms with E-state index in [1.807, 2.05) is 0 Å². The summed E-state index contributed by atoms with van der Waals surface area (Å²) in [7, 11) is -1.74. The molecule has 0 radical (unpaired) electrons. The molecule has 1 aliphatic heterocycles. The summed E-state index contributed by atoms with van der Waals surface area (Å²) in [6, 6.07) is 0. The first-order valence-corrected chi connectivity index (χ1v) is 8.04. The average Bonchev–Trinajstić information content (AvgIpc) is 2.69. The zero-order valence-corrected chi connectivity index (χ0v) is 11.1. The van der Waals surface area contributed by atoms with Crippen molar-refractivity contribution in [3.05, 3.63) is 0 Å². The van der Waals surface area contributed by atoms with Crippen molar-refractivity contribution in [2.75, 3.05) is 12.9 Å². The van der Waals surface area contributed by atoms with E-state index in [0.29, 0.717) is 25.7 Å². The van der Waals surface area contributed by atoms with E-state index in [1.165, 1.54) is 7.11 Å². The molecule has 2 aliphatic rings. The Morgan fingerprint density at radius 3 is 2.29 bits per heavy atom. The van der Waals surface area contributed by atoms with Crippen LogP contribution in [0.25, 0.3) is 0 Å². The summed E-state index contributed by atoms with van der Waals surface area (Å²) in [6.45, 7) is 0. The van der Waals surface area contributed by atoms with Gasteiger partial charge in [-0.3, -0.25) is 4.79 Å². The van der Waals surface area contributed by atoms with Gasteiger partial charge in [0.25, 0.3) is 0 Å². The number of methoxy groups -OCH3 is 1. The number of carbonyl (C=O) groups excluding carboxylic acids is 1. The van der Waals surface area contributed by atoms with Crippen LogP contribution in [-0.4, -0.2) is 32.5 Å². The third-order valence-corrected chi connectivity index (χ3v) is 6.69. The van der Waals surface area contributed by atoms with Crippen LogP contribution in [0.5, 0.6) is 0 Å². The van der Waals surface area contributed by atoms with E-state index in [2.05, 4.69) is 0 Å². The largest absolute Gasteiger partial charge is 0.469 e. The number of sulfone groups is 1. The first-order chi connectivity index (χ1) is 8.03. The molecular formula is C12H20O4S. The van der Waals surface area contributed by atoms with Gasteiger partial charge in [-0.15, -0.1) is 0 Å². The molecule has 2 rings (SSSR count). The van der Waals surface area contributed by atoms with Gasteiger partial charge in [-0.2, -0.15) is 0 Å². The normalized spacial score (nSPS) is 31.0. The fourth-order valence-corrected chi connectivity index (χ4v) is 5.85. The Balaban J connectivity index is 2.36. The van der Waals surface area contributed by atoms with Gasteiger partial charge in [0.15, 0.2) is 9.84 Å². The van der Waals surface area contributed by atoms with Crippen LogP contribution >= 0.6 is 0 Å². The minimum atomic E-state index is -3.10. The van der Waals surface area contributed by atoms with Crippen molar-refractivity contribution < 1.29 is 17.9 Å². The fraction of sp³-hybridized carbons (Fsp3) is 0.917. The molecule has 1 heterocycles. The number of hydrogen-bond donors (Lipinski definition) is 0. The fourth-order valence-electron chi connectivity index (χ4n) is 3.46. The summed E-state index contributed by atoms with van der Waals surface area (Å²) >= 11 is 0. The Hall–Kier alpha value is -0.580. The van der Waals surface area contributed by atoms with Crippen LogP contribution in [0, 0.1) is 5.41 Å². The molecule has 0 N–H and O–H groups in total. The highest BCUT2D eigenvalue weighted by Crippen LogP contribution is 2.47. The molecule has 98 valence electrons. The first kappa shape index (κ1) is 12.9. The topological polar surface area (TPSA) is 60.4 Å². The van der Waals surface area contributed by atoms with Crippen LogP contribution in [0.4, 0.5) is 0 Å². The van der Waals surface area contributed by atoms with Gasteiger partial charge in [-0.25, -0.2) is 8.42 Å². The van der Waals surface area contributed by atoms with E-state index in [9.17, 15) is 13.2 Å². The molecule has 17 heavy (non-hydrogen) atoms. The first-order valence-electron chi connectivity index (χ1n) is 6.33. The van der Waals surface area contributed by atoms with Gasteiger partial charge in [-0.05, 0) is 25.7 Å². The smallest absolute Gasteiger partial charge is 0.313 e. The third-order valence-electron chi connectivity index (χ3n) is 4.28. The Kier molecular flexibility index (Phi) is 3.48. The van der Waals surface area contributed by atoms with E-state index < -0.39 is 20.5 Å². The third kappa shape index (κ3) is 2.09. The summed E-state index contributed by atoms with van der Waals surface area (Å²) in [5.41, 5.74) is -0.748. The predicted octanol–water partition coefficient (Wildman–Crippen LogP) is 1.69. The molecule has 1 saturated heterocycles. The maximum absolute atomic E-state index is 12.1. The standard InChI is InChI=1S/C12H20O4S/c1-16-11(13)12(7-3-2-4-8-12)10-6-5-9-17(10,14)15/h10H,2-9H2,1H3. The van der Waals surface area contributed by atoms with Crippen molar-refractivity contribution in [2.45, 2.75) is 50.2 Å². The number of esters is 1. The minimum absolute atomic E-state index is 0.233. The van der Waals surface area contributed by atoms with Crippen LogP contribution in [0.2, 0.25) is 0 Å². The summed E-state index contributed by atoms with van der Waals surface area (Å²) in [5.74, 6) is -0.0798. The molecule has 5 heteroatoms. The zero-order valence-electron chi connectivity index (χ0n) is 10.3. The molecule has 1 saturated carbocycles. The van der Waals surface area contributed by atoms with Crippen molar-refractivity contribution in [3.8, 4) is 0 Å². The van der Waals surface area contributed by atoms with Crippen LogP contribution in [0.3, 0.4) is 0 Å². The second-order valence-corrected chi connectivity index (χ2v) is 7.51. The summed E-state index contributed by atoms with van der Waals surface area (Å²) in [6.07, 6.45) is 5.60. The van der Waals surface area contributed by atoms with Crippen LogP contribution in [-0.2, 0) is 19.4 Å². The molecule has 2 fully saturated rings. The van der Waals surface area contributed by atoms with Gasteiger partial charge in [-0.1, -0.05) is 19.3 Å². The molecule has 1 aliphatic carbocycles. The van der Waals surface area contributed by atoms with Crippen LogP contribution < -0.4 is 0 Å². The predicted molar refractivity (Wildman–Crippen MR) is 64.3 cm³/mol. The van der Waals surface area contributed by atoms with Crippen molar-refractivity contribution in [1.82, 2.24) is 0 Å². The lowest BCUT2D eigenvalue weighted by atomic mass is 9.70. The lowest BCUT2D eigenvalue weighted by Crippen LogP contribution is -2.46. The average molecular weight is 260 g/mol. The molecule has 4 nitrogen and oxygen atoms in total. The number of carbonyl (C=O) groups is 1. The SMILES string of the molecule is COC(=O)C1(C2CCCS2(=O)=O)CCCCC1. The molecular weight excluding hydrogens is 240 g/mol. The van der Waals surface area contributed by atoms with Gasteiger partial charge in [0.2, 0.25) is 0 Å². The molecule has 0 bridgehead atoms. The summed E-state index contributed by atoms with van der Waals surface area (Å²) in [4.78, 5) is 12.1. The van der Waals surface area contributed by atoms with Crippen molar-refractivity contribution in [1.29, 1.82) is 0 Å². The van der Waals surface area contributed by atoms with Gasteiger partial charge in [0.1, 0.15) is 0 Å². The number of rotatable bonds is 2. The monoisotopic (exact) mass is 260 g/mol. The van der Waals surface area contributed by atoms with Gasteiger partial charge in [0.05, 0.1) is 23.5 Å². The maximum atomic E-state index is 12.1. The summed E-state index contributed by atoms with van der Waals surface area (Å²) < 4.78 is 29.1. The van der Waals surface area contributed by atoms with E-state index in [4.69, 9.17) is 4.74 Å². The van der Waals surface area contributed by atoms with E-state index >= 15 is 0 Å². The molecule has 1 atom stereocenters. The molecule has 0 aromatic heterocycles. The van der Waals surface area contributed by atoms with E-state index in [1.54, 1.807) is 0 Å². The number of hydrogen-bond acceptors (Lipinski definition) is 4. The lowest BCUT2D eigenvalue weighted by molar-refractivity contribution is -0.155. The highest BCUT2D eigenvalue weighted by Gasteiger charge is 2.54. The van der Waals surface area contributed by atoms with Crippen LogP contribution in [0.1, 0.15) is 44.9 Å². The highest BCUT2D eigenvalue weighted by atomic mass is 32.2. The Bertz CT molecular complexity index is 393. The van der Waals surface area contributed by atoms with Gasteiger partial charge in [0, 0.05) is 0 Å². The highest BCUT2D eigenvalue weighted by molar-refractivity contribution is 7.92. The molecule has 0 spiro atoms. The Morgan fingerprint density at radius 1 is 1.18 bits per heavy atom. The zero-order chi connectivity index (χ0) is 12.5. The van der Waals surface area contributed by atoms with Crippen molar-refractivity contribution >= 4 is 15.8 Å². The van der Waals surface area contributed by atoms with Gasteiger partial charge < -0.3 is 4.74 Å². The lowest BCUT2D eigenvalue weighted by Gasteiger charge is -2.38. The summed E-state index contributed by atoms with van der Waals surface area (Å²) in [5, 5.41) is -0.497. The van der Waals surface area contributed by atoms with E-state index in [0.717, 1.165) is 19.3 Å². The van der Waals surface area contributed by atoms with Gasteiger partial charge >= 0.3 is 5.97 Å². The molecule has 0 aromatic carbocycles. The molecule has 0 aromatic rings. The maximum Gasteiger partial charge on any atom is 0.313 e. The quantitative estimate of drug-likeness (QED) is 0.709. The number of ether oxygens (including phenoxy) is 1. The van der Waals surface area contributed by atoms with Crippen molar-refractivity contribution in [2.24, 2.45) is 5.41 Å². The Labute approximate surface area is 103 Å². The Morgan fingerprint density at radius 2 is 1.82 bits per heavy atom. The van der Waals surface area contributed by atoms with Crippen molar-refractivity contribution in [3.63, 3.8) is 0 Å². The minimum Gasteiger partial charge on any atom is -0.469 e. The van der Waals surface area contributed by atoms with E-state index in [-0.39, 0.29) is 11.7 Å². The van der Waals surface area contributed by atoms with Crippen LogP contribution in [0.15, 0.2) is 0 Å². The molecule has 0 amide bonds. The molecule has 1 unspecified atom stereocenters. The second kappa shape index (κ2) is 4.59. The second-order valence-electron chi connectivity index (χ2n) is 5.21.